The fourth-order valence-corrected chi connectivity index (χ4v) is 3.56. The smallest absolute Gasteiger partial charge is 0.475 e. The molecule has 0 spiro atoms. The number of alkyl halides is 6. The van der Waals surface area contributed by atoms with Gasteiger partial charge in [-0.25, -0.2) is 14.6 Å². The molecule has 1 saturated heterocycles. The molecule has 3 aromatic heterocycles. The zero-order valence-corrected chi connectivity index (χ0v) is 20.6. The van der Waals surface area contributed by atoms with Gasteiger partial charge in [-0.05, 0) is 50.1 Å². The van der Waals surface area contributed by atoms with Crippen LogP contribution < -0.4 is 0 Å². The Kier molecular flexibility index (Phi) is 11.2. The lowest BCUT2D eigenvalue weighted by molar-refractivity contribution is -0.193. The van der Waals surface area contributed by atoms with Gasteiger partial charge in [0.25, 0.3) is 0 Å². The van der Waals surface area contributed by atoms with Crippen molar-refractivity contribution in [1.29, 1.82) is 0 Å². The summed E-state index contributed by atoms with van der Waals surface area (Å²) in [5.74, 6) is -5.51. The molecule has 0 saturated carbocycles. The van der Waals surface area contributed by atoms with E-state index in [-0.39, 0.29) is 6.10 Å². The predicted molar refractivity (Wildman–Crippen MR) is 125 cm³/mol. The van der Waals surface area contributed by atoms with Gasteiger partial charge < -0.3 is 19.4 Å². The Bertz CT molecular complexity index is 1190. The second-order valence-electron chi connectivity index (χ2n) is 8.35. The molecule has 0 bridgehead atoms. The molecule has 1 aliphatic heterocycles. The SMILES string of the molecule is Cc1nc2ccccn2c1CN1CCCC(OCc2cccnc2)C1.O=C(O)C(F)(F)F.O=C(O)C(F)(F)F. The molecule has 0 aromatic carbocycles. The second kappa shape index (κ2) is 13.9. The molecule has 1 unspecified atom stereocenters. The van der Waals surface area contributed by atoms with Crippen LogP contribution in [0.15, 0.2) is 48.9 Å². The zero-order valence-electron chi connectivity index (χ0n) is 20.6. The van der Waals surface area contributed by atoms with Gasteiger partial charge in [-0.1, -0.05) is 12.1 Å². The normalized spacial score (nSPS) is 16.0. The number of aromatic nitrogens is 3. The van der Waals surface area contributed by atoms with Crippen molar-refractivity contribution in [2.75, 3.05) is 13.1 Å². The highest BCUT2D eigenvalue weighted by molar-refractivity contribution is 5.73. The number of halogens is 6. The number of hydrogen-bond donors (Lipinski definition) is 2. The summed E-state index contributed by atoms with van der Waals surface area (Å²) in [4.78, 5) is 29.1. The maximum Gasteiger partial charge on any atom is 0.490 e. The number of hydrogen-bond acceptors (Lipinski definition) is 6. The van der Waals surface area contributed by atoms with Crippen LogP contribution >= 0.6 is 0 Å². The summed E-state index contributed by atoms with van der Waals surface area (Å²) in [6.07, 6.45) is -1.80. The minimum atomic E-state index is -5.08. The number of carbonyl (C=O) groups is 2. The number of aliphatic carboxylic acids is 2. The Labute approximate surface area is 218 Å². The van der Waals surface area contributed by atoms with Crippen LogP contribution in [-0.4, -0.2) is 73.0 Å². The molecule has 4 rings (SSSR count). The third kappa shape index (κ3) is 10.5. The maximum absolute atomic E-state index is 10.6. The lowest BCUT2D eigenvalue weighted by Crippen LogP contribution is -2.39. The topological polar surface area (TPSA) is 117 Å². The molecule has 9 nitrogen and oxygen atoms in total. The van der Waals surface area contributed by atoms with Crippen LogP contribution in [0.4, 0.5) is 26.3 Å². The number of piperidine rings is 1. The van der Waals surface area contributed by atoms with E-state index in [1.165, 1.54) is 12.1 Å². The Balaban J connectivity index is 0.000000317. The van der Waals surface area contributed by atoms with Crippen molar-refractivity contribution >= 4 is 17.6 Å². The molecule has 2 N–H and O–H groups in total. The van der Waals surface area contributed by atoms with Crippen molar-refractivity contribution in [1.82, 2.24) is 19.3 Å². The fourth-order valence-electron chi connectivity index (χ4n) is 3.56. The van der Waals surface area contributed by atoms with Gasteiger partial charge in [0.2, 0.25) is 0 Å². The standard InChI is InChI=1S/C20H24N4O.2C2HF3O2/c1-16-19(24-11-3-2-8-20(24)22-16)14-23-10-5-7-18(13-23)25-15-17-6-4-9-21-12-17;2*3-2(4,5)1(6)7/h2-4,6,8-9,11-12,18H,5,7,10,13-15H2,1H3;2*(H,6,7). The molecule has 1 aliphatic rings. The minimum Gasteiger partial charge on any atom is -0.475 e. The van der Waals surface area contributed by atoms with Crippen molar-refractivity contribution in [3.05, 3.63) is 65.9 Å². The molecule has 0 radical (unpaired) electrons. The van der Waals surface area contributed by atoms with Gasteiger partial charge in [-0.3, -0.25) is 9.88 Å². The van der Waals surface area contributed by atoms with Crippen LogP contribution in [0.2, 0.25) is 0 Å². The predicted octanol–water partition coefficient (Wildman–Crippen LogP) is 4.49. The Morgan fingerprint density at radius 3 is 2.26 bits per heavy atom. The summed E-state index contributed by atoms with van der Waals surface area (Å²) < 4.78 is 71.8. The van der Waals surface area contributed by atoms with Crippen molar-refractivity contribution < 1.29 is 50.9 Å². The Morgan fingerprint density at radius 1 is 1.05 bits per heavy atom. The van der Waals surface area contributed by atoms with E-state index >= 15 is 0 Å². The summed E-state index contributed by atoms with van der Waals surface area (Å²) in [6.45, 7) is 5.75. The van der Waals surface area contributed by atoms with Crippen LogP contribution in [0, 0.1) is 6.92 Å². The number of carboxylic acid groups (broad SMARTS) is 2. The molecule has 0 aliphatic carbocycles. The number of likely N-dealkylation sites (tertiary alicyclic amines) is 1. The van der Waals surface area contributed by atoms with Crippen molar-refractivity contribution in [2.24, 2.45) is 0 Å². The summed E-state index contributed by atoms with van der Waals surface area (Å²) in [5.41, 5.74) is 4.56. The first kappa shape index (κ1) is 31.5. The van der Waals surface area contributed by atoms with Gasteiger partial charge >= 0.3 is 24.3 Å². The minimum absolute atomic E-state index is 0.286. The number of aryl methyl sites for hydroxylation is 1. The zero-order chi connectivity index (χ0) is 29.2. The van der Waals surface area contributed by atoms with Crippen molar-refractivity contribution in [3.8, 4) is 0 Å². The summed E-state index contributed by atoms with van der Waals surface area (Å²) in [6, 6.07) is 10.2. The van der Waals surface area contributed by atoms with E-state index in [2.05, 4.69) is 50.6 Å². The highest BCUT2D eigenvalue weighted by atomic mass is 19.4. The molecule has 1 atom stereocenters. The maximum atomic E-state index is 10.6. The molecule has 0 amide bonds. The fraction of sp³-hybridized carbons (Fsp3) is 0.417. The van der Waals surface area contributed by atoms with Gasteiger partial charge in [0.1, 0.15) is 5.65 Å². The van der Waals surface area contributed by atoms with Crippen LogP contribution in [0.5, 0.6) is 0 Å². The number of pyridine rings is 2. The van der Waals surface area contributed by atoms with Crippen molar-refractivity contribution in [3.63, 3.8) is 0 Å². The number of fused-ring (bicyclic) bond motifs is 1. The third-order valence-corrected chi connectivity index (χ3v) is 5.36. The van der Waals surface area contributed by atoms with E-state index in [1.54, 1.807) is 6.20 Å². The molecule has 4 heterocycles. The van der Waals surface area contributed by atoms with Gasteiger partial charge in [0, 0.05) is 31.7 Å². The third-order valence-electron chi connectivity index (χ3n) is 5.36. The van der Waals surface area contributed by atoms with Crippen LogP contribution in [-0.2, 0) is 27.5 Å². The van der Waals surface area contributed by atoms with Gasteiger partial charge in [0.15, 0.2) is 0 Å². The van der Waals surface area contributed by atoms with Crippen LogP contribution in [0.1, 0.15) is 29.8 Å². The lowest BCUT2D eigenvalue weighted by Gasteiger charge is -2.32. The summed E-state index contributed by atoms with van der Waals surface area (Å²) in [7, 11) is 0. The number of ether oxygens (including phenoxy) is 1. The van der Waals surface area contributed by atoms with E-state index in [4.69, 9.17) is 24.5 Å². The average Bonchev–Trinajstić information content (AvgIpc) is 3.18. The molecule has 39 heavy (non-hydrogen) atoms. The quantitative estimate of drug-likeness (QED) is 0.436. The summed E-state index contributed by atoms with van der Waals surface area (Å²) in [5, 5.41) is 14.2. The van der Waals surface area contributed by atoms with Gasteiger partial charge in [-0.2, -0.15) is 26.3 Å². The first-order valence-corrected chi connectivity index (χ1v) is 11.4. The number of rotatable bonds is 5. The van der Waals surface area contributed by atoms with Crippen LogP contribution in [0.3, 0.4) is 0 Å². The molecular weight excluding hydrogens is 538 g/mol. The highest BCUT2D eigenvalue weighted by Gasteiger charge is 2.38. The van der Waals surface area contributed by atoms with E-state index < -0.39 is 24.3 Å². The molecule has 15 heteroatoms. The average molecular weight is 564 g/mol. The highest BCUT2D eigenvalue weighted by Crippen LogP contribution is 2.20. The monoisotopic (exact) mass is 564 g/mol. The Hall–Kier alpha value is -3.72. The lowest BCUT2D eigenvalue weighted by atomic mass is 10.1. The second-order valence-corrected chi connectivity index (χ2v) is 8.35. The van der Waals surface area contributed by atoms with Gasteiger partial charge in [0.05, 0.1) is 24.1 Å². The van der Waals surface area contributed by atoms with Gasteiger partial charge in [-0.15, -0.1) is 0 Å². The van der Waals surface area contributed by atoms with Crippen LogP contribution in [0.25, 0.3) is 5.65 Å². The van der Waals surface area contributed by atoms with Crippen molar-refractivity contribution in [2.45, 2.75) is 51.4 Å². The van der Waals surface area contributed by atoms with E-state index in [0.29, 0.717) is 6.61 Å². The molecule has 214 valence electrons. The largest absolute Gasteiger partial charge is 0.490 e. The van der Waals surface area contributed by atoms with E-state index in [0.717, 1.165) is 43.0 Å². The molecular formula is C24H26F6N4O5. The first-order valence-electron chi connectivity index (χ1n) is 11.4. The number of nitrogens with zero attached hydrogens (tertiary/aromatic N) is 4. The molecule has 3 aromatic rings. The number of imidazole rings is 1. The first-order chi connectivity index (χ1) is 18.2. The number of carboxylic acids is 2. The summed E-state index contributed by atoms with van der Waals surface area (Å²) >= 11 is 0. The van der Waals surface area contributed by atoms with E-state index in [1.807, 2.05) is 18.3 Å². The van der Waals surface area contributed by atoms with E-state index in [9.17, 15) is 26.3 Å². The molecule has 1 fully saturated rings. The Morgan fingerprint density at radius 2 is 1.69 bits per heavy atom.